The highest BCUT2D eigenvalue weighted by atomic mass is 16.5. The quantitative estimate of drug-likeness (QED) is 0.557. The van der Waals surface area contributed by atoms with Crippen molar-refractivity contribution in [2.75, 3.05) is 20.2 Å². The van der Waals surface area contributed by atoms with Crippen LogP contribution in [0.3, 0.4) is 0 Å². The minimum Gasteiger partial charge on any atom is -0.467 e. The van der Waals surface area contributed by atoms with Crippen LogP contribution in [-0.2, 0) is 29.3 Å². The highest BCUT2D eigenvalue weighted by Gasteiger charge is 2.54. The fourth-order valence-corrected chi connectivity index (χ4v) is 4.65. The third-order valence-corrected chi connectivity index (χ3v) is 6.13. The van der Waals surface area contributed by atoms with E-state index in [4.69, 9.17) is 4.74 Å². The average Bonchev–Trinajstić information content (AvgIpc) is 2.97. The minimum absolute atomic E-state index is 0.0347. The van der Waals surface area contributed by atoms with Crippen molar-refractivity contribution in [3.8, 4) is 0 Å². The second-order valence-electron chi connectivity index (χ2n) is 7.82. The van der Waals surface area contributed by atoms with Gasteiger partial charge in [-0.25, -0.2) is 4.79 Å². The second kappa shape index (κ2) is 8.35. The number of methoxy groups -OCH3 is 1. The van der Waals surface area contributed by atoms with Crippen LogP contribution < -0.4 is 0 Å². The lowest BCUT2D eigenvalue weighted by molar-refractivity contribution is -0.155. The first-order valence-corrected chi connectivity index (χ1v) is 10.1. The molecule has 2 saturated heterocycles. The van der Waals surface area contributed by atoms with E-state index in [-0.39, 0.29) is 37.1 Å². The number of imide groups is 1. The number of likely N-dealkylation sites (N-methyl/N-ethyl adjacent to an activating group) is 1. The van der Waals surface area contributed by atoms with Gasteiger partial charge in [-0.1, -0.05) is 24.3 Å². The maximum absolute atomic E-state index is 13.4. The molecule has 1 aromatic carbocycles. The van der Waals surface area contributed by atoms with Crippen molar-refractivity contribution in [1.29, 1.82) is 0 Å². The van der Waals surface area contributed by atoms with Crippen molar-refractivity contribution in [3.05, 3.63) is 35.4 Å². The van der Waals surface area contributed by atoms with E-state index in [1.165, 1.54) is 16.9 Å². The van der Waals surface area contributed by atoms with E-state index in [0.29, 0.717) is 18.5 Å². The van der Waals surface area contributed by atoms with E-state index in [0.717, 1.165) is 18.4 Å². The van der Waals surface area contributed by atoms with E-state index < -0.39 is 17.4 Å². The molecule has 1 aromatic rings. The number of aryl methyl sites for hydroxylation is 1. The van der Waals surface area contributed by atoms with Crippen LogP contribution in [0.25, 0.3) is 0 Å². The van der Waals surface area contributed by atoms with Crippen molar-refractivity contribution >= 4 is 23.7 Å². The standard InChI is InChI=1S/C22H28N2O5/c1-4-23-18(25)13-22(21(23)28,16-10-6-5-9-15(16)2)14-19(26)24-12-8-7-11-17(24)20(27)29-3/h5-6,9-10,17H,4,7-8,11-14H2,1-3H3. The van der Waals surface area contributed by atoms with E-state index in [1.807, 2.05) is 31.2 Å². The molecule has 2 fully saturated rings. The lowest BCUT2D eigenvalue weighted by Gasteiger charge is -2.36. The Morgan fingerprint density at radius 1 is 1.21 bits per heavy atom. The molecule has 29 heavy (non-hydrogen) atoms. The number of hydrogen-bond donors (Lipinski definition) is 0. The maximum Gasteiger partial charge on any atom is 0.328 e. The second-order valence-corrected chi connectivity index (χ2v) is 7.82. The number of esters is 1. The number of nitrogens with zero attached hydrogens (tertiary/aromatic N) is 2. The van der Waals surface area contributed by atoms with Gasteiger partial charge in [-0.3, -0.25) is 19.3 Å². The van der Waals surface area contributed by atoms with Crippen LogP contribution in [0.1, 0.15) is 50.2 Å². The molecular weight excluding hydrogens is 372 g/mol. The highest BCUT2D eigenvalue weighted by molar-refractivity contribution is 6.11. The summed E-state index contributed by atoms with van der Waals surface area (Å²) < 4.78 is 4.88. The molecule has 0 aromatic heterocycles. The molecule has 3 amide bonds. The normalized spacial score (nSPS) is 24.7. The molecule has 2 aliphatic rings. The van der Waals surface area contributed by atoms with E-state index in [2.05, 4.69) is 0 Å². The molecule has 0 N–H and O–H groups in total. The predicted molar refractivity (Wildman–Crippen MR) is 106 cm³/mol. The summed E-state index contributed by atoms with van der Waals surface area (Å²) in [5, 5.41) is 0. The molecule has 7 nitrogen and oxygen atoms in total. The number of likely N-dealkylation sites (tertiary alicyclic amines) is 2. The number of ether oxygens (including phenoxy) is 1. The zero-order chi connectivity index (χ0) is 21.2. The van der Waals surface area contributed by atoms with Gasteiger partial charge < -0.3 is 9.64 Å². The molecule has 2 atom stereocenters. The number of piperidine rings is 1. The Hall–Kier alpha value is -2.70. The molecular formula is C22H28N2O5. The van der Waals surface area contributed by atoms with Crippen molar-refractivity contribution in [1.82, 2.24) is 9.80 Å². The maximum atomic E-state index is 13.4. The molecule has 0 saturated carbocycles. The summed E-state index contributed by atoms with van der Waals surface area (Å²) in [5.41, 5.74) is 0.338. The largest absolute Gasteiger partial charge is 0.467 e. The van der Waals surface area contributed by atoms with Gasteiger partial charge in [0.2, 0.25) is 17.7 Å². The van der Waals surface area contributed by atoms with Crippen LogP contribution in [0.5, 0.6) is 0 Å². The Balaban J connectivity index is 1.99. The van der Waals surface area contributed by atoms with Gasteiger partial charge in [0.1, 0.15) is 6.04 Å². The SMILES string of the molecule is CCN1C(=O)CC(CC(=O)N2CCCCC2C(=O)OC)(c2ccccc2C)C1=O. The Morgan fingerprint density at radius 3 is 2.55 bits per heavy atom. The number of benzene rings is 1. The van der Waals surface area contributed by atoms with Gasteiger partial charge in [-0.05, 0) is 44.2 Å². The average molecular weight is 400 g/mol. The Bertz CT molecular complexity index is 836. The lowest BCUT2D eigenvalue weighted by atomic mass is 9.73. The molecule has 3 rings (SSSR count). The summed E-state index contributed by atoms with van der Waals surface area (Å²) in [6.07, 6.45) is 2.02. The molecule has 2 unspecified atom stereocenters. The van der Waals surface area contributed by atoms with Crippen molar-refractivity contribution < 1.29 is 23.9 Å². The highest BCUT2D eigenvalue weighted by Crippen LogP contribution is 2.42. The van der Waals surface area contributed by atoms with Crippen LogP contribution >= 0.6 is 0 Å². The third-order valence-electron chi connectivity index (χ3n) is 6.13. The summed E-state index contributed by atoms with van der Waals surface area (Å²) in [6, 6.07) is 6.75. The van der Waals surface area contributed by atoms with Crippen molar-refractivity contribution in [2.45, 2.75) is 57.4 Å². The van der Waals surface area contributed by atoms with Gasteiger partial charge in [0, 0.05) is 25.9 Å². The summed E-state index contributed by atoms with van der Waals surface area (Å²) in [6.45, 7) is 4.35. The monoisotopic (exact) mass is 400 g/mol. The molecule has 0 spiro atoms. The van der Waals surface area contributed by atoms with E-state index in [9.17, 15) is 19.2 Å². The fraction of sp³-hybridized carbons (Fsp3) is 0.545. The summed E-state index contributed by atoms with van der Waals surface area (Å²) in [4.78, 5) is 54.3. The molecule has 0 aliphatic carbocycles. The van der Waals surface area contributed by atoms with Gasteiger partial charge in [0.05, 0.1) is 12.5 Å². The molecule has 0 bridgehead atoms. The van der Waals surface area contributed by atoms with Crippen LogP contribution in [-0.4, -0.2) is 59.7 Å². The van der Waals surface area contributed by atoms with Gasteiger partial charge in [-0.15, -0.1) is 0 Å². The molecule has 7 heteroatoms. The predicted octanol–water partition coefficient (Wildman–Crippen LogP) is 1.96. The van der Waals surface area contributed by atoms with Crippen molar-refractivity contribution in [2.24, 2.45) is 0 Å². The number of hydrogen-bond acceptors (Lipinski definition) is 5. The molecule has 156 valence electrons. The Morgan fingerprint density at radius 2 is 1.93 bits per heavy atom. The van der Waals surface area contributed by atoms with E-state index >= 15 is 0 Å². The number of rotatable bonds is 5. The van der Waals surface area contributed by atoms with Crippen LogP contribution in [0.2, 0.25) is 0 Å². The number of amides is 3. The van der Waals surface area contributed by atoms with E-state index in [1.54, 1.807) is 6.92 Å². The summed E-state index contributed by atoms with van der Waals surface area (Å²) >= 11 is 0. The first-order valence-electron chi connectivity index (χ1n) is 10.1. The molecule has 0 radical (unpaired) electrons. The first kappa shape index (κ1) is 21.0. The number of carbonyl (C=O) groups excluding carboxylic acids is 4. The summed E-state index contributed by atoms with van der Waals surface area (Å²) in [5.74, 6) is -1.33. The van der Waals surface area contributed by atoms with Crippen molar-refractivity contribution in [3.63, 3.8) is 0 Å². The Kier molecular flexibility index (Phi) is 6.05. The fourth-order valence-electron chi connectivity index (χ4n) is 4.65. The lowest BCUT2D eigenvalue weighted by Crippen LogP contribution is -2.51. The van der Waals surface area contributed by atoms with Crippen LogP contribution in [0, 0.1) is 6.92 Å². The smallest absolute Gasteiger partial charge is 0.328 e. The van der Waals surface area contributed by atoms with Gasteiger partial charge in [0.25, 0.3) is 0 Å². The van der Waals surface area contributed by atoms with Gasteiger partial charge in [0.15, 0.2) is 0 Å². The topological polar surface area (TPSA) is 84.0 Å². The summed E-state index contributed by atoms with van der Waals surface area (Å²) in [7, 11) is 1.31. The van der Waals surface area contributed by atoms with Gasteiger partial charge >= 0.3 is 5.97 Å². The third kappa shape index (κ3) is 3.66. The molecule has 2 heterocycles. The first-order chi connectivity index (χ1) is 13.9. The number of carbonyl (C=O) groups is 4. The van der Waals surface area contributed by atoms with Crippen LogP contribution in [0.4, 0.5) is 0 Å². The zero-order valence-electron chi connectivity index (χ0n) is 17.3. The van der Waals surface area contributed by atoms with Crippen LogP contribution in [0.15, 0.2) is 24.3 Å². The van der Waals surface area contributed by atoms with Gasteiger partial charge in [-0.2, -0.15) is 0 Å². The molecule has 2 aliphatic heterocycles. The minimum atomic E-state index is -1.23. The Labute approximate surface area is 171 Å². The zero-order valence-corrected chi connectivity index (χ0v) is 17.3.